The molecule has 0 radical (unpaired) electrons. The van der Waals surface area contributed by atoms with Crippen LogP contribution in [0.4, 0.5) is 0 Å². The van der Waals surface area contributed by atoms with E-state index in [2.05, 4.69) is 0 Å². The first-order chi connectivity index (χ1) is 8.59. The average Bonchev–Trinajstić information content (AvgIpc) is 2.57. The fourth-order valence-electron chi connectivity index (χ4n) is 1.77. The molecule has 0 saturated carbocycles. The number of fused-ring (bicyclic) bond motifs is 1. The molecule has 0 amide bonds. The second-order valence-corrected chi connectivity index (χ2v) is 4.46. The molecule has 0 bridgehead atoms. The van der Waals surface area contributed by atoms with Crippen molar-refractivity contribution in [2.75, 3.05) is 13.2 Å². The van der Waals surface area contributed by atoms with Gasteiger partial charge in [-0.05, 0) is 12.1 Å². The van der Waals surface area contributed by atoms with E-state index in [0.29, 0.717) is 35.3 Å². The number of hydrogen-bond acceptors (Lipinski definition) is 4. The van der Waals surface area contributed by atoms with Crippen LogP contribution >= 0.6 is 11.6 Å². The average molecular weight is 272 g/mol. The van der Waals surface area contributed by atoms with Gasteiger partial charge >= 0.3 is 5.97 Å². The summed E-state index contributed by atoms with van der Waals surface area (Å²) in [5.74, 6) is 0.0272. The smallest absolute Gasteiger partial charge is 0.320 e. The molecule has 0 fully saturated rings. The molecule has 1 atom stereocenters. The van der Waals surface area contributed by atoms with Crippen LogP contribution in [0.15, 0.2) is 12.1 Å². The van der Waals surface area contributed by atoms with Crippen LogP contribution in [0.2, 0.25) is 5.02 Å². The van der Waals surface area contributed by atoms with Gasteiger partial charge in [0.1, 0.15) is 6.04 Å². The molecule has 1 aliphatic heterocycles. The minimum Gasteiger partial charge on any atom is -0.490 e. The van der Waals surface area contributed by atoms with Crippen molar-refractivity contribution in [3.63, 3.8) is 0 Å². The first-order valence-electron chi connectivity index (χ1n) is 5.65. The van der Waals surface area contributed by atoms with Gasteiger partial charge in [0, 0.05) is 23.4 Å². The molecular formula is C12H14ClNO4. The van der Waals surface area contributed by atoms with Crippen molar-refractivity contribution in [3.8, 4) is 11.5 Å². The first kappa shape index (κ1) is 13.0. The van der Waals surface area contributed by atoms with Crippen LogP contribution in [0.25, 0.3) is 0 Å². The summed E-state index contributed by atoms with van der Waals surface area (Å²) in [5, 5.41) is 9.29. The van der Waals surface area contributed by atoms with E-state index in [1.54, 1.807) is 12.1 Å². The number of carbonyl (C=O) groups is 1. The summed E-state index contributed by atoms with van der Waals surface area (Å²) in [7, 11) is 0. The van der Waals surface area contributed by atoms with Crippen LogP contribution < -0.4 is 15.2 Å². The predicted octanol–water partition coefficient (Wildman–Crippen LogP) is 1.46. The highest BCUT2D eigenvalue weighted by molar-refractivity contribution is 6.31. The molecule has 6 heteroatoms. The molecule has 0 saturated heterocycles. The zero-order valence-corrected chi connectivity index (χ0v) is 10.4. The van der Waals surface area contributed by atoms with E-state index >= 15 is 0 Å². The van der Waals surface area contributed by atoms with Crippen LogP contribution in [-0.4, -0.2) is 30.3 Å². The minimum absolute atomic E-state index is 0.112. The summed E-state index contributed by atoms with van der Waals surface area (Å²) in [6.07, 6.45) is 0.886. The molecule has 5 nitrogen and oxygen atoms in total. The molecule has 98 valence electrons. The standard InChI is InChI=1S/C12H14ClNO4/c13-8-2-3-10-11(18-5-1-4-17-10)7(8)6-9(14)12(15)16/h2-3,9H,1,4-6,14H2,(H,15,16). The van der Waals surface area contributed by atoms with Gasteiger partial charge in [0.15, 0.2) is 11.5 Å². The maximum Gasteiger partial charge on any atom is 0.320 e. The van der Waals surface area contributed by atoms with Gasteiger partial charge in [-0.15, -0.1) is 0 Å². The van der Waals surface area contributed by atoms with Crippen LogP contribution in [0.1, 0.15) is 12.0 Å². The molecule has 1 heterocycles. The van der Waals surface area contributed by atoms with Crippen LogP contribution in [-0.2, 0) is 11.2 Å². The largest absolute Gasteiger partial charge is 0.490 e. The van der Waals surface area contributed by atoms with Gasteiger partial charge in [0.25, 0.3) is 0 Å². The van der Waals surface area contributed by atoms with E-state index in [0.717, 1.165) is 6.42 Å². The maximum absolute atomic E-state index is 10.8. The maximum atomic E-state index is 10.8. The lowest BCUT2D eigenvalue weighted by Crippen LogP contribution is -2.32. The number of rotatable bonds is 3. The molecule has 0 aliphatic carbocycles. The third-order valence-corrected chi connectivity index (χ3v) is 3.06. The normalized spacial score (nSPS) is 15.9. The molecule has 1 aromatic carbocycles. The Balaban J connectivity index is 2.35. The highest BCUT2D eigenvalue weighted by Crippen LogP contribution is 2.38. The molecule has 2 rings (SSSR count). The molecular weight excluding hydrogens is 258 g/mol. The van der Waals surface area contributed by atoms with E-state index < -0.39 is 12.0 Å². The SMILES string of the molecule is NC(Cc1c(Cl)ccc2c1OCCCO2)C(=O)O. The number of carboxylic acid groups (broad SMARTS) is 1. The zero-order chi connectivity index (χ0) is 13.1. The van der Waals surface area contributed by atoms with Gasteiger partial charge in [0.05, 0.1) is 13.2 Å². The van der Waals surface area contributed by atoms with Gasteiger partial charge in [-0.1, -0.05) is 11.6 Å². The predicted molar refractivity (Wildman–Crippen MR) is 66.4 cm³/mol. The van der Waals surface area contributed by atoms with E-state index in [-0.39, 0.29) is 6.42 Å². The third kappa shape index (κ3) is 2.68. The lowest BCUT2D eigenvalue weighted by atomic mass is 10.0. The quantitative estimate of drug-likeness (QED) is 0.870. The van der Waals surface area contributed by atoms with Crippen molar-refractivity contribution in [1.29, 1.82) is 0 Å². The van der Waals surface area contributed by atoms with Gasteiger partial charge in [-0.2, -0.15) is 0 Å². The summed E-state index contributed by atoms with van der Waals surface area (Å²) in [4.78, 5) is 10.8. The first-order valence-corrected chi connectivity index (χ1v) is 6.02. The highest BCUT2D eigenvalue weighted by Gasteiger charge is 2.22. The van der Waals surface area contributed by atoms with Crippen LogP contribution in [0.5, 0.6) is 11.5 Å². The fraction of sp³-hybridized carbons (Fsp3) is 0.417. The molecule has 3 N–H and O–H groups in total. The Bertz CT molecular complexity index is 464. The Morgan fingerprint density at radius 2 is 2.17 bits per heavy atom. The van der Waals surface area contributed by atoms with Gasteiger partial charge < -0.3 is 20.3 Å². The molecule has 0 aromatic heterocycles. The number of hydrogen-bond donors (Lipinski definition) is 2. The Labute approximate surface area is 109 Å². The number of benzene rings is 1. The topological polar surface area (TPSA) is 81.8 Å². The van der Waals surface area contributed by atoms with E-state index in [1.165, 1.54) is 0 Å². The van der Waals surface area contributed by atoms with Crippen molar-refractivity contribution in [2.24, 2.45) is 5.73 Å². The van der Waals surface area contributed by atoms with Crippen LogP contribution in [0, 0.1) is 0 Å². The second kappa shape index (κ2) is 5.46. The highest BCUT2D eigenvalue weighted by atomic mass is 35.5. The van der Waals surface area contributed by atoms with Crippen molar-refractivity contribution < 1.29 is 19.4 Å². The summed E-state index contributed by atoms with van der Waals surface area (Å²) in [6, 6.07) is 2.37. The molecule has 1 aliphatic rings. The summed E-state index contributed by atoms with van der Waals surface area (Å²) in [5.41, 5.74) is 6.12. The Morgan fingerprint density at radius 1 is 1.44 bits per heavy atom. The number of halogens is 1. The second-order valence-electron chi connectivity index (χ2n) is 4.05. The van der Waals surface area contributed by atoms with Crippen molar-refractivity contribution in [2.45, 2.75) is 18.9 Å². The summed E-state index contributed by atoms with van der Waals surface area (Å²) in [6.45, 7) is 1.09. The van der Waals surface area contributed by atoms with Gasteiger partial charge in [-0.3, -0.25) is 4.79 Å². The lowest BCUT2D eigenvalue weighted by Gasteiger charge is -2.15. The van der Waals surface area contributed by atoms with Crippen LogP contribution in [0.3, 0.4) is 0 Å². The lowest BCUT2D eigenvalue weighted by molar-refractivity contribution is -0.138. The van der Waals surface area contributed by atoms with Gasteiger partial charge in [0.2, 0.25) is 0 Å². The Kier molecular flexibility index (Phi) is 3.93. The molecule has 18 heavy (non-hydrogen) atoms. The summed E-state index contributed by atoms with van der Waals surface area (Å²) >= 11 is 6.08. The summed E-state index contributed by atoms with van der Waals surface area (Å²) < 4.78 is 11.1. The Hall–Kier alpha value is -1.46. The number of aliphatic carboxylic acids is 1. The zero-order valence-electron chi connectivity index (χ0n) is 9.69. The fourth-order valence-corrected chi connectivity index (χ4v) is 1.99. The molecule has 0 spiro atoms. The third-order valence-electron chi connectivity index (χ3n) is 2.70. The molecule has 1 aromatic rings. The number of nitrogens with two attached hydrogens (primary N) is 1. The Morgan fingerprint density at radius 3 is 2.89 bits per heavy atom. The molecule has 1 unspecified atom stereocenters. The number of carboxylic acids is 1. The van der Waals surface area contributed by atoms with E-state index in [4.69, 9.17) is 31.9 Å². The number of ether oxygens (including phenoxy) is 2. The van der Waals surface area contributed by atoms with E-state index in [1.807, 2.05) is 0 Å². The van der Waals surface area contributed by atoms with Gasteiger partial charge in [-0.25, -0.2) is 0 Å². The van der Waals surface area contributed by atoms with Crippen molar-refractivity contribution in [1.82, 2.24) is 0 Å². The monoisotopic (exact) mass is 271 g/mol. The van der Waals surface area contributed by atoms with Crippen molar-refractivity contribution >= 4 is 17.6 Å². The van der Waals surface area contributed by atoms with Crippen molar-refractivity contribution in [3.05, 3.63) is 22.7 Å². The minimum atomic E-state index is -1.07. The van der Waals surface area contributed by atoms with E-state index in [9.17, 15) is 4.79 Å².